The smallest absolute Gasteiger partial charge is 0.0372 e. The Hall–Kier alpha value is -0.890. The lowest BCUT2D eigenvalue weighted by Gasteiger charge is -2.14. The van der Waals surface area contributed by atoms with Crippen molar-refractivity contribution in [2.45, 2.75) is 45.6 Å². The molecule has 0 radical (unpaired) electrons. The van der Waals surface area contributed by atoms with E-state index in [0.29, 0.717) is 6.04 Å². The Morgan fingerprint density at radius 2 is 2.13 bits per heavy atom. The van der Waals surface area contributed by atoms with Gasteiger partial charge in [-0.15, -0.1) is 0 Å². The van der Waals surface area contributed by atoms with E-state index in [1.54, 1.807) is 0 Å². The normalized spacial score (nSPS) is 12.7. The number of nitrogens with one attached hydrogen (secondary N) is 1. The van der Waals surface area contributed by atoms with Gasteiger partial charge in [-0.3, -0.25) is 4.98 Å². The Kier molecular flexibility index (Phi) is 5.33. The van der Waals surface area contributed by atoms with E-state index in [1.807, 2.05) is 20.2 Å². The molecule has 1 heterocycles. The molecule has 1 aromatic rings. The predicted molar refractivity (Wildman–Crippen MR) is 65.1 cm³/mol. The Morgan fingerprint density at radius 3 is 2.67 bits per heavy atom. The van der Waals surface area contributed by atoms with Crippen LogP contribution in [-0.2, 0) is 6.42 Å². The van der Waals surface area contributed by atoms with Gasteiger partial charge >= 0.3 is 0 Å². The van der Waals surface area contributed by atoms with Crippen molar-refractivity contribution < 1.29 is 0 Å². The summed E-state index contributed by atoms with van der Waals surface area (Å²) < 4.78 is 0. The van der Waals surface area contributed by atoms with E-state index in [-0.39, 0.29) is 0 Å². The molecular weight excluding hydrogens is 184 g/mol. The number of nitrogens with zero attached hydrogens (tertiary/aromatic N) is 1. The van der Waals surface area contributed by atoms with E-state index in [4.69, 9.17) is 0 Å². The second kappa shape index (κ2) is 6.57. The standard InChI is InChI=1S/C13H22N2/c1-4-5-13(14-3)9-8-12-7-6-11(2)15-10-12/h6-7,10,13-14H,4-5,8-9H2,1-3H3. The van der Waals surface area contributed by atoms with Gasteiger partial charge in [0.2, 0.25) is 0 Å². The molecule has 0 aromatic carbocycles. The molecule has 0 bridgehead atoms. The molecule has 0 aliphatic carbocycles. The topological polar surface area (TPSA) is 24.9 Å². The van der Waals surface area contributed by atoms with Crippen LogP contribution < -0.4 is 5.32 Å². The molecule has 0 spiro atoms. The fraction of sp³-hybridized carbons (Fsp3) is 0.615. The van der Waals surface area contributed by atoms with E-state index >= 15 is 0 Å². The van der Waals surface area contributed by atoms with Crippen LogP contribution in [0.2, 0.25) is 0 Å². The van der Waals surface area contributed by atoms with Crippen molar-refractivity contribution in [2.24, 2.45) is 0 Å². The van der Waals surface area contributed by atoms with Gasteiger partial charge in [-0.1, -0.05) is 19.4 Å². The third-order valence-corrected chi connectivity index (χ3v) is 2.80. The van der Waals surface area contributed by atoms with Crippen LogP contribution in [0, 0.1) is 6.92 Å². The lowest BCUT2D eigenvalue weighted by molar-refractivity contribution is 0.484. The number of aromatic nitrogens is 1. The second-order valence-corrected chi connectivity index (χ2v) is 4.12. The van der Waals surface area contributed by atoms with Crippen molar-refractivity contribution in [1.82, 2.24) is 10.3 Å². The lowest BCUT2D eigenvalue weighted by atomic mass is 10.0. The summed E-state index contributed by atoms with van der Waals surface area (Å²) in [4.78, 5) is 4.31. The number of hydrogen-bond donors (Lipinski definition) is 1. The summed E-state index contributed by atoms with van der Waals surface area (Å²) in [5.41, 5.74) is 2.44. The maximum absolute atomic E-state index is 4.31. The number of hydrogen-bond acceptors (Lipinski definition) is 2. The molecule has 1 unspecified atom stereocenters. The summed E-state index contributed by atoms with van der Waals surface area (Å²) in [5.74, 6) is 0. The highest BCUT2D eigenvalue weighted by Gasteiger charge is 2.04. The zero-order chi connectivity index (χ0) is 11.1. The van der Waals surface area contributed by atoms with E-state index in [0.717, 1.165) is 12.1 Å². The van der Waals surface area contributed by atoms with E-state index < -0.39 is 0 Å². The molecule has 84 valence electrons. The predicted octanol–water partition coefficient (Wildman–Crippen LogP) is 2.71. The van der Waals surface area contributed by atoms with Crippen molar-refractivity contribution in [3.05, 3.63) is 29.6 Å². The van der Waals surface area contributed by atoms with Crippen LogP contribution in [-0.4, -0.2) is 18.1 Å². The molecule has 0 aliphatic heterocycles. The van der Waals surface area contributed by atoms with Gasteiger partial charge in [-0.25, -0.2) is 0 Å². The number of rotatable bonds is 6. The SMILES string of the molecule is CCCC(CCc1ccc(C)nc1)NC. The van der Waals surface area contributed by atoms with Crippen molar-refractivity contribution >= 4 is 0 Å². The second-order valence-electron chi connectivity index (χ2n) is 4.12. The summed E-state index contributed by atoms with van der Waals surface area (Å²) in [6.07, 6.45) is 6.83. The lowest BCUT2D eigenvalue weighted by Crippen LogP contribution is -2.25. The van der Waals surface area contributed by atoms with Crippen molar-refractivity contribution in [3.8, 4) is 0 Å². The minimum absolute atomic E-state index is 0.649. The maximum atomic E-state index is 4.31. The first-order valence-corrected chi connectivity index (χ1v) is 5.85. The Balaban J connectivity index is 2.38. The highest BCUT2D eigenvalue weighted by Crippen LogP contribution is 2.08. The number of pyridine rings is 1. The van der Waals surface area contributed by atoms with Crippen LogP contribution in [0.15, 0.2) is 18.3 Å². The van der Waals surface area contributed by atoms with Gasteiger partial charge in [0.25, 0.3) is 0 Å². The van der Waals surface area contributed by atoms with Gasteiger partial charge in [-0.2, -0.15) is 0 Å². The first-order valence-electron chi connectivity index (χ1n) is 5.85. The van der Waals surface area contributed by atoms with Crippen LogP contribution in [0.5, 0.6) is 0 Å². The highest BCUT2D eigenvalue weighted by atomic mass is 14.9. The summed E-state index contributed by atoms with van der Waals surface area (Å²) >= 11 is 0. The Bertz CT molecular complexity index is 266. The van der Waals surface area contributed by atoms with Crippen molar-refractivity contribution in [2.75, 3.05) is 7.05 Å². The molecule has 2 heteroatoms. The van der Waals surface area contributed by atoms with Crippen LogP contribution in [0.25, 0.3) is 0 Å². The monoisotopic (exact) mass is 206 g/mol. The quantitative estimate of drug-likeness (QED) is 0.774. The van der Waals surface area contributed by atoms with Crippen LogP contribution in [0.1, 0.15) is 37.4 Å². The molecule has 0 aliphatic rings. The molecule has 0 amide bonds. The molecule has 1 N–H and O–H groups in total. The van der Waals surface area contributed by atoms with Gasteiger partial charge in [0.05, 0.1) is 0 Å². The van der Waals surface area contributed by atoms with Gasteiger partial charge < -0.3 is 5.32 Å². The molecule has 15 heavy (non-hydrogen) atoms. The summed E-state index contributed by atoms with van der Waals surface area (Å²) in [5, 5.41) is 3.36. The summed E-state index contributed by atoms with van der Waals surface area (Å²) in [7, 11) is 2.05. The van der Waals surface area contributed by atoms with E-state index in [9.17, 15) is 0 Å². The van der Waals surface area contributed by atoms with Crippen molar-refractivity contribution in [3.63, 3.8) is 0 Å². The third-order valence-electron chi connectivity index (χ3n) is 2.80. The Labute approximate surface area is 93.1 Å². The van der Waals surface area contributed by atoms with Gasteiger partial charge in [0, 0.05) is 17.9 Å². The zero-order valence-electron chi connectivity index (χ0n) is 10.1. The first-order chi connectivity index (χ1) is 7.26. The number of aryl methyl sites for hydroxylation is 2. The summed E-state index contributed by atoms with van der Waals surface area (Å²) in [6, 6.07) is 4.92. The fourth-order valence-electron chi connectivity index (χ4n) is 1.77. The van der Waals surface area contributed by atoms with Gasteiger partial charge in [0.1, 0.15) is 0 Å². The Morgan fingerprint density at radius 1 is 1.33 bits per heavy atom. The average Bonchev–Trinajstić information content (AvgIpc) is 2.26. The van der Waals surface area contributed by atoms with Crippen LogP contribution >= 0.6 is 0 Å². The molecule has 1 rings (SSSR count). The maximum Gasteiger partial charge on any atom is 0.0372 e. The minimum Gasteiger partial charge on any atom is -0.317 e. The third kappa shape index (κ3) is 4.43. The minimum atomic E-state index is 0.649. The molecule has 1 atom stereocenters. The van der Waals surface area contributed by atoms with Crippen LogP contribution in [0.3, 0.4) is 0 Å². The van der Waals surface area contributed by atoms with Crippen molar-refractivity contribution in [1.29, 1.82) is 0 Å². The van der Waals surface area contributed by atoms with E-state index in [2.05, 4.69) is 29.4 Å². The average molecular weight is 206 g/mol. The van der Waals surface area contributed by atoms with Crippen LogP contribution in [0.4, 0.5) is 0 Å². The molecule has 0 saturated carbocycles. The summed E-state index contributed by atoms with van der Waals surface area (Å²) in [6.45, 7) is 4.26. The largest absolute Gasteiger partial charge is 0.317 e. The first kappa shape index (κ1) is 12.2. The fourth-order valence-corrected chi connectivity index (χ4v) is 1.77. The zero-order valence-corrected chi connectivity index (χ0v) is 10.1. The molecule has 0 saturated heterocycles. The van der Waals surface area contributed by atoms with Gasteiger partial charge in [-0.05, 0) is 44.9 Å². The highest BCUT2D eigenvalue weighted by molar-refractivity contribution is 5.13. The van der Waals surface area contributed by atoms with Gasteiger partial charge in [0.15, 0.2) is 0 Å². The molecule has 0 fully saturated rings. The molecule has 1 aromatic heterocycles. The van der Waals surface area contributed by atoms with E-state index in [1.165, 1.54) is 24.8 Å². The molecule has 2 nitrogen and oxygen atoms in total. The molecular formula is C13H22N2.